The number of hydrogen-bond acceptors (Lipinski definition) is 4. The van der Waals surface area contributed by atoms with Gasteiger partial charge in [0.25, 0.3) is 5.56 Å². The number of aromatic nitrogens is 1. The number of nitrogens with one attached hydrogen (secondary N) is 1. The average molecular weight is 366 g/mol. The minimum absolute atomic E-state index is 0.147. The first-order chi connectivity index (χ1) is 13.0. The van der Waals surface area contributed by atoms with Crippen molar-refractivity contribution < 1.29 is 14.3 Å². The standard InChI is InChI=1S/C21H22N2O4/c1-14-13-20(25)23(21-15(14)7-6-10-18(21)27-3)12-11-19(24)22-16-8-4-5-9-17(16)26-2/h4-10,13H,11-12H2,1-3H3,(H,22,24). The van der Waals surface area contributed by atoms with Gasteiger partial charge in [0.2, 0.25) is 5.91 Å². The second kappa shape index (κ2) is 7.95. The van der Waals surface area contributed by atoms with Gasteiger partial charge in [-0.05, 0) is 30.7 Å². The van der Waals surface area contributed by atoms with E-state index in [0.29, 0.717) is 22.7 Å². The van der Waals surface area contributed by atoms with Crippen LogP contribution in [0.15, 0.2) is 53.3 Å². The number of carbonyl (C=O) groups is 1. The van der Waals surface area contributed by atoms with Gasteiger partial charge in [0.15, 0.2) is 0 Å². The summed E-state index contributed by atoms with van der Waals surface area (Å²) in [7, 11) is 3.12. The second-order valence-electron chi connectivity index (χ2n) is 6.17. The first-order valence-electron chi connectivity index (χ1n) is 8.65. The zero-order chi connectivity index (χ0) is 19.4. The maximum Gasteiger partial charge on any atom is 0.251 e. The molecule has 0 bridgehead atoms. The van der Waals surface area contributed by atoms with Gasteiger partial charge < -0.3 is 19.4 Å². The van der Waals surface area contributed by atoms with Crippen molar-refractivity contribution in [1.29, 1.82) is 0 Å². The Morgan fingerprint density at radius 3 is 2.48 bits per heavy atom. The maximum atomic E-state index is 12.5. The molecule has 6 heteroatoms. The van der Waals surface area contributed by atoms with E-state index in [0.717, 1.165) is 10.9 Å². The Hall–Kier alpha value is -3.28. The largest absolute Gasteiger partial charge is 0.495 e. The number of aryl methyl sites for hydroxylation is 2. The van der Waals surface area contributed by atoms with Crippen molar-refractivity contribution in [3.05, 3.63) is 64.4 Å². The summed E-state index contributed by atoms with van der Waals surface area (Å²) in [6.07, 6.45) is 0.147. The number of nitrogens with zero attached hydrogens (tertiary/aromatic N) is 1. The number of pyridine rings is 1. The van der Waals surface area contributed by atoms with E-state index in [1.807, 2.05) is 37.3 Å². The highest BCUT2D eigenvalue weighted by atomic mass is 16.5. The minimum atomic E-state index is -0.199. The van der Waals surface area contributed by atoms with Crippen LogP contribution in [-0.4, -0.2) is 24.7 Å². The molecule has 0 spiro atoms. The van der Waals surface area contributed by atoms with E-state index in [1.54, 1.807) is 37.0 Å². The number of hydrogen-bond donors (Lipinski definition) is 1. The average Bonchev–Trinajstić information content (AvgIpc) is 2.67. The van der Waals surface area contributed by atoms with Gasteiger partial charge in [0, 0.05) is 24.4 Å². The lowest BCUT2D eigenvalue weighted by Crippen LogP contribution is -2.24. The fraction of sp³-hybridized carbons (Fsp3) is 0.238. The highest BCUT2D eigenvalue weighted by Gasteiger charge is 2.13. The minimum Gasteiger partial charge on any atom is -0.495 e. The first-order valence-corrected chi connectivity index (χ1v) is 8.65. The van der Waals surface area contributed by atoms with Crippen molar-refractivity contribution in [2.75, 3.05) is 19.5 Å². The summed E-state index contributed by atoms with van der Waals surface area (Å²) in [5.74, 6) is 0.999. The summed E-state index contributed by atoms with van der Waals surface area (Å²) in [5, 5.41) is 3.76. The molecule has 0 unspecified atom stereocenters. The SMILES string of the molecule is COc1ccccc1NC(=O)CCn1c(=O)cc(C)c2cccc(OC)c21. The van der Waals surface area contributed by atoms with Crippen LogP contribution in [-0.2, 0) is 11.3 Å². The first kappa shape index (κ1) is 18.5. The predicted molar refractivity (Wildman–Crippen MR) is 106 cm³/mol. The molecule has 27 heavy (non-hydrogen) atoms. The Morgan fingerprint density at radius 1 is 1.04 bits per heavy atom. The van der Waals surface area contributed by atoms with Gasteiger partial charge in [-0.1, -0.05) is 24.3 Å². The maximum absolute atomic E-state index is 12.5. The number of amides is 1. The topological polar surface area (TPSA) is 69.6 Å². The number of methoxy groups -OCH3 is 2. The molecule has 3 aromatic rings. The van der Waals surface area contributed by atoms with Gasteiger partial charge in [-0.25, -0.2) is 0 Å². The molecule has 0 aliphatic heterocycles. The number of fused-ring (bicyclic) bond motifs is 1. The molecule has 0 saturated carbocycles. The molecule has 0 fully saturated rings. The van der Waals surface area contributed by atoms with E-state index in [9.17, 15) is 9.59 Å². The third kappa shape index (κ3) is 3.79. The number of anilines is 1. The lowest BCUT2D eigenvalue weighted by atomic mass is 10.1. The summed E-state index contributed by atoms with van der Waals surface area (Å²) >= 11 is 0. The molecule has 0 aliphatic rings. The normalized spacial score (nSPS) is 10.6. The fourth-order valence-electron chi connectivity index (χ4n) is 3.13. The van der Waals surface area contributed by atoms with Crippen LogP contribution in [0.3, 0.4) is 0 Å². The molecule has 140 valence electrons. The van der Waals surface area contributed by atoms with Gasteiger partial charge in [-0.3, -0.25) is 9.59 Å². The highest BCUT2D eigenvalue weighted by Crippen LogP contribution is 2.27. The molecular formula is C21H22N2O4. The Morgan fingerprint density at radius 2 is 1.74 bits per heavy atom. The number of ether oxygens (including phenoxy) is 2. The van der Waals surface area contributed by atoms with E-state index in [-0.39, 0.29) is 24.4 Å². The molecule has 6 nitrogen and oxygen atoms in total. The molecular weight excluding hydrogens is 344 g/mol. The van der Waals surface area contributed by atoms with E-state index in [1.165, 1.54) is 0 Å². The third-order valence-electron chi connectivity index (χ3n) is 4.46. The third-order valence-corrected chi connectivity index (χ3v) is 4.46. The smallest absolute Gasteiger partial charge is 0.251 e. The van der Waals surface area contributed by atoms with Crippen LogP contribution < -0.4 is 20.3 Å². The van der Waals surface area contributed by atoms with Gasteiger partial charge in [0.1, 0.15) is 11.5 Å². The van der Waals surface area contributed by atoms with Crippen LogP contribution in [0.2, 0.25) is 0 Å². The zero-order valence-electron chi connectivity index (χ0n) is 15.6. The zero-order valence-corrected chi connectivity index (χ0v) is 15.6. The van der Waals surface area contributed by atoms with Crippen LogP contribution in [0.5, 0.6) is 11.5 Å². The molecule has 1 N–H and O–H groups in total. The van der Waals surface area contributed by atoms with E-state index in [4.69, 9.17) is 9.47 Å². The summed E-state index contributed by atoms with van der Waals surface area (Å²) in [4.78, 5) is 25.0. The Labute approximate surface area is 157 Å². The number of para-hydroxylation sites is 3. The summed E-state index contributed by atoms with van der Waals surface area (Å²) in [6.45, 7) is 2.14. The number of rotatable bonds is 6. The van der Waals surface area contributed by atoms with Crippen LogP contribution in [0.25, 0.3) is 10.9 Å². The van der Waals surface area contributed by atoms with Crippen LogP contribution in [0.4, 0.5) is 5.69 Å². The molecule has 1 aromatic heterocycles. The van der Waals surface area contributed by atoms with Gasteiger partial charge in [-0.15, -0.1) is 0 Å². The Balaban J connectivity index is 1.87. The molecule has 2 aromatic carbocycles. The second-order valence-corrected chi connectivity index (χ2v) is 6.17. The summed E-state index contributed by atoms with van der Waals surface area (Å²) < 4.78 is 12.3. The van der Waals surface area contributed by atoms with E-state index in [2.05, 4.69) is 5.32 Å². The van der Waals surface area contributed by atoms with Crippen molar-refractivity contribution in [3.8, 4) is 11.5 Å². The Bertz CT molecular complexity index is 1040. The molecule has 0 aliphatic carbocycles. The van der Waals surface area contributed by atoms with Crippen molar-refractivity contribution in [3.63, 3.8) is 0 Å². The quantitative estimate of drug-likeness (QED) is 0.726. The molecule has 0 saturated heterocycles. The highest BCUT2D eigenvalue weighted by molar-refractivity contribution is 5.92. The lowest BCUT2D eigenvalue weighted by Gasteiger charge is -2.15. The predicted octanol–water partition coefficient (Wildman–Crippen LogP) is 3.36. The van der Waals surface area contributed by atoms with Crippen LogP contribution >= 0.6 is 0 Å². The van der Waals surface area contributed by atoms with Crippen molar-refractivity contribution in [2.45, 2.75) is 19.9 Å². The molecule has 1 amide bonds. The Kier molecular flexibility index (Phi) is 5.45. The summed E-state index contributed by atoms with van der Waals surface area (Å²) in [5.41, 5.74) is 2.02. The van der Waals surface area contributed by atoms with E-state index < -0.39 is 0 Å². The number of benzene rings is 2. The van der Waals surface area contributed by atoms with Crippen molar-refractivity contribution >= 4 is 22.5 Å². The fourth-order valence-corrected chi connectivity index (χ4v) is 3.13. The van der Waals surface area contributed by atoms with Gasteiger partial charge in [-0.2, -0.15) is 0 Å². The monoisotopic (exact) mass is 366 g/mol. The molecule has 0 atom stereocenters. The molecule has 3 rings (SSSR count). The van der Waals surface area contributed by atoms with Crippen molar-refractivity contribution in [2.24, 2.45) is 0 Å². The number of carbonyl (C=O) groups excluding carboxylic acids is 1. The van der Waals surface area contributed by atoms with Gasteiger partial charge >= 0.3 is 0 Å². The molecule has 1 heterocycles. The van der Waals surface area contributed by atoms with Crippen molar-refractivity contribution in [1.82, 2.24) is 4.57 Å². The summed E-state index contributed by atoms with van der Waals surface area (Å²) in [6, 6.07) is 14.4. The van der Waals surface area contributed by atoms with Crippen LogP contribution in [0.1, 0.15) is 12.0 Å². The van der Waals surface area contributed by atoms with E-state index >= 15 is 0 Å². The van der Waals surface area contributed by atoms with Gasteiger partial charge in [0.05, 0.1) is 25.4 Å². The van der Waals surface area contributed by atoms with Crippen LogP contribution in [0, 0.1) is 6.92 Å². The molecule has 0 radical (unpaired) electrons. The lowest BCUT2D eigenvalue weighted by molar-refractivity contribution is -0.116.